The molecule has 0 aliphatic carbocycles. The second-order valence-electron chi connectivity index (χ2n) is 8.64. The second kappa shape index (κ2) is 11.7. The van der Waals surface area contributed by atoms with E-state index in [1.54, 1.807) is 37.0 Å². The lowest BCUT2D eigenvalue weighted by molar-refractivity contribution is -0.180. The average molecular weight is 465 g/mol. The fourth-order valence-electron chi connectivity index (χ4n) is 3.43. The summed E-state index contributed by atoms with van der Waals surface area (Å²) in [7, 11) is 0. The molecule has 0 radical (unpaired) electrons. The molecule has 2 N–H and O–H groups in total. The molecule has 0 fully saturated rings. The van der Waals surface area contributed by atoms with Gasteiger partial charge in [-0.1, -0.05) is 18.2 Å². The van der Waals surface area contributed by atoms with Crippen molar-refractivity contribution in [2.45, 2.75) is 78.5 Å². The molecule has 178 valence electrons. The van der Waals surface area contributed by atoms with Crippen LogP contribution in [0.25, 0.3) is 10.1 Å². The van der Waals surface area contributed by atoms with Gasteiger partial charge < -0.3 is 24.8 Å². The molecule has 2 atom stereocenters. The number of esters is 1. The number of carbonyl (C=O) groups excluding carboxylic acids is 2. The predicted octanol–water partition coefficient (Wildman–Crippen LogP) is 4.08. The van der Waals surface area contributed by atoms with Crippen molar-refractivity contribution in [3.05, 3.63) is 35.2 Å². The van der Waals surface area contributed by atoms with Crippen molar-refractivity contribution in [3.63, 3.8) is 0 Å². The highest BCUT2D eigenvalue weighted by molar-refractivity contribution is 7.17. The first-order valence-electron chi connectivity index (χ1n) is 11.0. The van der Waals surface area contributed by atoms with Crippen LogP contribution in [0, 0.1) is 0 Å². The van der Waals surface area contributed by atoms with Gasteiger partial charge in [-0.3, -0.25) is 9.59 Å². The van der Waals surface area contributed by atoms with E-state index < -0.39 is 29.9 Å². The zero-order chi connectivity index (χ0) is 23.9. The van der Waals surface area contributed by atoms with Gasteiger partial charge in [0, 0.05) is 24.5 Å². The minimum atomic E-state index is -1.03. The molecule has 0 bridgehead atoms. The number of thiophene rings is 1. The van der Waals surface area contributed by atoms with Gasteiger partial charge >= 0.3 is 5.97 Å². The number of nitrogens with zero attached hydrogens (tertiary/aromatic N) is 1. The highest BCUT2D eigenvalue weighted by Gasteiger charge is 2.33. The first-order valence-corrected chi connectivity index (χ1v) is 11.9. The minimum absolute atomic E-state index is 0.197. The zero-order valence-corrected chi connectivity index (χ0v) is 20.7. The van der Waals surface area contributed by atoms with Crippen LogP contribution in [0.3, 0.4) is 0 Å². The first-order chi connectivity index (χ1) is 15.1. The van der Waals surface area contributed by atoms with Crippen LogP contribution in [0.4, 0.5) is 0 Å². The molecule has 0 unspecified atom stereocenters. The average Bonchev–Trinajstić information content (AvgIpc) is 3.12. The summed E-state index contributed by atoms with van der Waals surface area (Å²) in [6.45, 7) is 12.2. The number of hydrogen-bond donors (Lipinski definition) is 1. The molecule has 1 aromatic carbocycles. The topological polar surface area (TPSA) is 91.1 Å². The molecule has 7 nitrogen and oxygen atoms in total. The fraction of sp³-hybridized carbons (Fsp3) is 0.583. The monoisotopic (exact) mass is 464 g/mol. The number of hydrogen-bond acceptors (Lipinski definition) is 7. The number of fused-ring (bicyclic) bond motifs is 1. The molecule has 0 saturated heterocycles. The maximum Gasteiger partial charge on any atom is 0.308 e. The van der Waals surface area contributed by atoms with Crippen molar-refractivity contribution >= 4 is 33.3 Å². The lowest BCUT2D eigenvalue weighted by atomic mass is 10.1. The number of benzene rings is 1. The Morgan fingerprint density at radius 3 is 2.34 bits per heavy atom. The lowest BCUT2D eigenvalue weighted by Crippen LogP contribution is -2.53. The zero-order valence-electron chi connectivity index (χ0n) is 19.9. The molecular weight excluding hydrogens is 428 g/mol. The predicted molar refractivity (Wildman–Crippen MR) is 127 cm³/mol. The number of nitrogens with two attached hydrogens (primary N) is 1. The molecule has 2 rings (SSSR count). The van der Waals surface area contributed by atoms with Gasteiger partial charge in [0.1, 0.15) is 5.60 Å². The molecule has 1 amide bonds. The lowest BCUT2D eigenvalue weighted by Gasteiger charge is -2.35. The van der Waals surface area contributed by atoms with Gasteiger partial charge in [-0.25, -0.2) is 0 Å². The normalized spacial score (nSPS) is 13.9. The maximum atomic E-state index is 13.4. The van der Waals surface area contributed by atoms with Gasteiger partial charge in [0.05, 0.1) is 18.5 Å². The van der Waals surface area contributed by atoms with Gasteiger partial charge in [0.25, 0.3) is 0 Å². The molecule has 1 aromatic heterocycles. The third kappa shape index (κ3) is 7.27. The Balaban J connectivity index is 2.29. The summed E-state index contributed by atoms with van der Waals surface area (Å²) >= 11 is 1.63. The van der Waals surface area contributed by atoms with Crippen LogP contribution in [-0.2, 0) is 30.3 Å². The van der Waals surface area contributed by atoms with E-state index in [1.807, 2.05) is 44.4 Å². The van der Waals surface area contributed by atoms with Crippen LogP contribution in [0.5, 0.6) is 0 Å². The van der Waals surface area contributed by atoms with Gasteiger partial charge in [-0.15, -0.1) is 11.3 Å². The standard InChI is InChI=1S/C24H36N2O5S/c1-7-29-23(30-8-2)16(3)26(14-17-15-32-20-12-10-9-11-18(17)20)22(28)19(25)13-21(27)31-24(4,5)6/h9-12,15-16,19,23H,7-8,13-14,25H2,1-6H3/t16-,19-/m0/s1. The van der Waals surface area contributed by atoms with E-state index in [-0.39, 0.29) is 12.3 Å². The van der Waals surface area contributed by atoms with Crippen LogP contribution in [-0.4, -0.2) is 54.0 Å². The van der Waals surface area contributed by atoms with Gasteiger partial charge in [0.15, 0.2) is 6.29 Å². The van der Waals surface area contributed by atoms with Crippen molar-refractivity contribution in [1.82, 2.24) is 4.90 Å². The summed E-state index contributed by atoms with van der Waals surface area (Å²) in [4.78, 5) is 27.4. The number of ether oxygens (including phenoxy) is 3. The van der Waals surface area contributed by atoms with Crippen LogP contribution < -0.4 is 5.73 Å². The Kier molecular flexibility index (Phi) is 9.64. The quantitative estimate of drug-likeness (QED) is 0.398. The van der Waals surface area contributed by atoms with Crippen molar-refractivity contribution in [2.75, 3.05) is 13.2 Å². The van der Waals surface area contributed by atoms with E-state index in [4.69, 9.17) is 19.9 Å². The Morgan fingerprint density at radius 1 is 1.12 bits per heavy atom. The van der Waals surface area contributed by atoms with Crippen molar-refractivity contribution < 1.29 is 23.8 Å². The molecule has 0 aliphatic rings. The highest BCUT2D eigenvalue weighted by Crippen LogP contribution is 2.28. The molecular formula is C24H36N2O5S. The molecule has 0 aliphatic heterocycles. The van der Waals surface area contributed by atoms with Crippen molar-refractivity contribution in [1.29, 1.82) is 0 Å². The Hall–Kier alpha value is -2.00. The SMILES string of the molecule is CCOC(OCC)[C@H](C)N(Cc1csc2ccccc12)C(=O)[C@@H](N)CC(=O)OC(C)(C)C. The van der Waals surface area contributed by atoms with Crippen molar-refractivity contribution in [2.24, 2.45) is 5.73 Å². The summed E-state index contributed by atoms with van der Waals surface area (Å²) in [6, 6.07) is 6.62. The Morgan fingerprint density at radius 2 is 1.75 bits per heavy atom. The van der Waals surface area contributed by atoms with Crippen LogP contribution >= 0.6 is 11.3 Å². The van der Waals surface area contributed by atoms with E-state index in [9.17, 15) is 9.59 Å². The smallest absolute Gasteiger partial charge is 0.308 e. The van der Waals surface area contributed by atoms with Crippen LogP contribution in [0.1, 0.15) is 53.5 Å². The third-order valence-corrected chi connectivity index (χ3v) is 5.87. The Bertz CT molecular complexity index is 886. The first kappa shape index (κ1) is 26.3. The van der Waals surface area contributed by atoms with E-state index >= 15 is 0 Å². The van der Waals surface area contributed by atoms with E-state index in [0.717, 1.165) is 15.6 Å². The molecule has 8 heteroatoms. The van der Waals surface area contributed by atoms with Gasteiger partial charge in [-0.2, -0.15) is 0 Å². The fourth-order valence-corrected chi connectivity index (χ4v) is 4.38. The molecule has 0 saturated carbocycles. The largest absolute Gasteiger partial charge is 0.460 e. The molecule has 0 spiro atoms. The molecule has 1 heterocycles. The summed E-state index contributed by atoms with van der Waals surface area (Å²) in [5.41, 5.74) is 6.57. The number of rotatable bonds is 11. The molecule has 32 heavy (non-hydrogen) atoms. The summed E-state index contributed by atoms with van der Waals surface area (Å²) in [6.07, 6.45) is -0.801. The van der Waals surface area contributed by atoms with E-state index in [1.165, 1.54) is 0 Å². The second-order valence-corrected chi connectivity index (χ2v) is 9.55. The maximum absolute atomic E-state index is 13.4. The highest BCUT2D eigenvalue weighted by atomic mass is 32.1. The van der Waals surface area contributed by atoms with Gasteiger partial charge in [0.2, 0.25) is 5.91 Å². The third-order valence-electron chi connectivity index (χ3n) is 4.86. The van der Waals surface area contributed by atoms with Gasteiger partial charge in [-0.05, 0) is 63.9 Å². The van der Waals surface area contributed by atoms with E-state index in [2.05, 4.69) is 6.07 Å². The Labute approximate surface area is 194 Å². The van der Waals surface area contributed by atoms with Crippen LogP contribution in [0.2, 0.25) is 0 Å². The van der Waals surface area contributed by atoms with Crippen molar-refractivity contribution in [3.8, 4) is 0 Å². The number of amides is 1. The van der Waals surface area contributed by atoms with Crippen LogP contribution in [0.15, 0.2) is 29.6 Å². The number of carbonyl (C=O) groups is 2. The van der Waals surface area contributed by atoms with E-state index in [0.29, 0.717) is 19.8 Å². The summed E-state index contributed by atoms with van der Waals surface area (Å²) in [5.74, 6) is -0.846. The minimum Gasteiger partial charge on any atom is -0.460 e. The summed E-state index contributed by atoms with van der Waals surface area (Å²) < 4.78 is 18.0. The summed E-state index contributed by atoms with van der Waals surface area (Å²) in [5, 5.41) is 3.14. The molecule has 2 aromatic rings.